The summed E-state index contributed by atoms with van der Waals surface area (Å²) < 4.78 is 14.8. The van der Waals surface area contributed by atoms with Crippen LogP contribution in [0.4, 0.5) is 4.39 Å². The van der Waals surface area contributed by atoms with Gasteiger partial charge < -0.3 is 0 Å². The zero-order chi connectivity index (χ0) is 23.0. The molecule has 0 amide bonds. The molecule has 33 heavy (non-hydrogen) atoms. The SMILES string of the molecule is C/C=C/CCc1cc2c(cc1F)CC(C1CCC3CC(CCCCCCC)CCC3C1)CC2. The van der Waals surface area contributed by atoms with Crippen LogP contribution in [0.2, 0.25) is 0 Å². The van der Waals surface area contributed by atoms with Crippen LogP contribution < -0.4 is 0 Å². The summed E-state index contributed by atoms with van der Waals surface area (Å²) in [6.45, 7) is 4.35. The van der Waals surface area contributed by atoms with E-state index in [-0.39, 0.29) is 5.82 Å². The second-order valence-corrected chi connectivity index (χ2v) is 11.8. The Bertz CT molecular complexity index is 762. The van der Waals surface area contributed by atoms with Crippen LogP contribution >= 0.6 is 0 Å². The molecule has 4 rings (SSSR count). The van der Waals surface area contributed by atoms with Crippen LogP contribution in [0.15, 0.2) is 24.3 Å². The Hall–Kier alpha value is -1.11. The number of allylic oxidation sites excluding steroid dienone is 2. The summed E-state index contributed by atoms with van der Waals surface area (Å²) >= 11 is 0. The zero-order valence-corrected chi connectivity index (χ0v) is 21.6. The van der Waals surface area contributed by atoms with Crippen molar-refractivity contribution < 1.29 is 4.39 Å². The molecular formula is C32H49F. The van der Waals surface area contributed by atoms with Gasteiger partial charge in [0.05, 0.1) is 0 Å². The Kier molecular flexibility index (Phi) is 9.51. The molecule has 1 heteroatoms. The normalized spacial score (nSPS) is 29.7. The Labute approximate surface area is 203 Å². The van der Waals surface area contributed by atoms with Crippen molar-refractivity contribution in [2.75, 3.05) is 0 Å². The fraction of sp³-hybridized carbons (Fsp3) is 0.750. The first-order chi connectivity index (χ1) is 16.2. The lowest BCUT2D eigenvalue weighted by molar-refractivity contribution is 0.0689. The molecule has 0 bridgehead atoms. The molecule has 184 valence electrons. The van der Waals surface area contributed by atoms with E-state index in [1.54, 1.807) is 0 Å². The quantitative estimate of drug-likeness (QED) is 0.245. The van der Waals surface area contributed by atoms with Gasteiger partial charge in [-0.1, -0.05) is 70.1 Å². The van der Waals surface area contributed by atoms with E-state index in [0.717, 1.165) is 54.4 Å². The number of hydrogen-bond donors (Lipinski definition) is 0. The first kappa shape index (κ1) is 25.0. The van der Waals surface area contributed by atoms with Gasteiger partial charge in [0.25, 0.3) is 0 Å². The molecule has 0 N–H and O–H groups in total. The van der Waals surface area contributed by atoms with Gasteiger partial charge in [0.15, 0.2) is 0 Å². The largest absolute Gasteiger partial charge is 0.207 e. The van der Waals surface area contributed by atoms with E-state index < -0.39 is 0 Å². The van der Waals surface area contributed by atoms with Gasteiger partial charge in [0.1, 0.15) is 5.82 Å². The molecule has 3 aliphatic carbocycles. The average molecular weight is 453 g/mol. The monoisotopic (exact) mass is 452 g/mol. The van der Waals surface area contributed by atoms with Gasteiger partial charge in [-0.05, 0) is 123 Å². The number of benzene rings is 1. The molecule has 5 unspecified atom stereocenters. The lowest BCUT2D eigenvalue weighted by atomic mass is 9.60. The predicted octanol–water partition coefficient (Wildman–Crippen LogP) is 9.63. The van der Waals surface area contributed by atoms with Crippen molar-refractivity contribution in [2.24, 2.45) is 29.6 Å². The predicted molar refractivity (Wildman–Crippen MR) is 140 cm³/mol. The fourth-order valence-corrected chi connectivity index (χ4v) is 7.61. The highest BCUT2D eigenvalue weighted by Crippen LogP contribution is 2.49. The van der Waals surface area contributed by atoms with Crippen molar-refractivity contribution in [3.05, 3.63) is 46.8 Å². The Morgan fingerprint density at radius 2 is 1.61 bits per heavy atom. The molecule has 0 saturated heterocycles. The minimum atomic E-state index is 0.0376. The second-order valence-electron chi connectivity index (χ2n) is 11.8. The van der Waals surface area contributed by atoms with Gasteiger partial charge in [-0.3, -0.25) is 0 Å². The van der Waals surface area contributed by atoms with Gasteiger partial charge in [-0.15, -0.1) is 0 Å². The molecule has 0 aliphatic heterocycles. The molecule has 0 aromatic heterocycles. The van der Waals surface area contributed by atoms with E-state index in [2.05, 4.69) is 25.1 Å². The van der Waals surface area contributed by atoms with Crippen LogP contribution in [0.1, 0.15) is 120 Å². The Morgan fingerprint density at radius 3 is 2.42 bits per heavy atom. The highest BCUT2D eigenvalue weighted by molar-refractivity contribution is 5.35. The van der Waals surface area contributed by atoms with Crippen molar-refractivity contribution in [3.63, 3.8) is 0 Å². The van der Waals surface area contributed by atoms with E-state index >= 15 is 0 Å². The molecule has 3 aliphatic rings. The molecule has 0 spiro atoms. The van der Waals surface area contributed by atoms with Gasteiger partial charge in [-0.2, -0.15) is 0 Å². The first-order valence-electron chi connectivity index (χ1n) is 14.6. The van der Waals surface area contributed by atoms with E-state index in [1.807, 2.05) is 13.0 Å². The van der Waals surface area contributed by atoms with Crippen molar-refractivity contribution in [3.8, 4) is 0 Å². The van der Waals surface area contributed by atoms with Crippen LogP contribution in [-0.2, 0) is 19.3 Å². The van der Waals surface area contributed by atoms with Crippen molar-refractivity contribution in [1.29, 1.82) is 0 Å². The third kappa shape index (κ3) is 6.73. The third-order valence-corrected chi connectivity index (χ3v) is 9.60. The van der Waals surface area contributed by atoms with Crippen LogP contribution in [0.25, 0.3) is 0 Å². The molecule has 0 radical (unpaired) electrons. The number of unbranched alkanes of at least 4 members (excludes halogenated alkanes) is 4. The average Bonchev–Trinajstić information content (AvgIpc) is 2.83. The lowest BCUT2D eigenvalue weighted by Gasteiger charge is -2.45. The molecule has 1 aromatic carbocycles. The van der Waals surface area contributed by atoms with Crippen molar-refractivity contribution >= 4 is 0 Å². The number of hydrogen-bond acceptors (Lipinski definition) is 0. The number of aryl methyl sites for hydroxylation is 2. The summed E-state index contributed by atoms with van der Waals surface area (Å²) in [6.07, 6.45) is 27.2. The second kappa shape index (κ2) is 12.6. The maximum Gasteiger partial charge on any atom is 0.126 e. The van der Waals surface area contributed by atoms with E-state index in [0.29, 0.717) is 0 Å². The van der Waals surface area contributed by atoms with Crippen LogP contribution in [-0.4, -0.2) is 0 Å². The molecule has 5 atom stereocenters. The van der Waals surface area contributed by atoms with Crippen LogP contribution in [0.3, 0.4) is 0 Å². The van der Waals surface area contributed by atoms with E-state index in [9.17, 15) is 4.39 Å². The summed E-state index contributed by atoms with van der Waals surface area (Å²) in [5.41, 5.74) is 3.69. The molecular weight excluding hydrogens is 403 g/mol. The molecule has 1 aromatic rings. The Balaban J connectivity index is 1.26. The van der Waals surface area contributed by atoms with E-state index in [4.69, 9.17) is 0 Å². The third-order valence-electron chi connectivity index (χ3n) is 9.60. The van der Waals surface area contributed by atoms with E-state index in [1.165, 1.54) is 101 Å². The number of rotatable bonds is 10. The van der Waals surface area contributed by atoms with Gasteiger partial charge >= 0.3 is 0 Å². The zero-order valence-electron chi connectivity index (χ0n) is 21.6. The maximum atomic E-state index is 14.8. The van der Waals surface area contributed by atoms with Crippen LogP contribution in [0.5, 0.6) is 0 Å². The smallest absolute Gasteiger partial charge is 0.126 e. The minimum Gasteiger partial charge on any atom is -0.207 e. The van der Waals surface area contributed by atoms with Gasteiger partial charge in [0, 0.05) is 0 Å². The fourth-order valence-electron chi connectivity index (χ4n) is 7.61. The molecule has 0 heterocycles. The standard InChI is InChI=1S/C32H49F/c1-3-5-7-8-10-11-24-13-14-26-20-27(16-15-25(26)19-24)28-17-18-29-21-30(12-9-6-4-2)32(33)23-31(29)22-28/h4,6,21,23-28H,3,5,7-20,22H2,1-2H3/b6-4+. The topological polar surface area (TPSA) is 0 Å². The summed E-state index contributed by atoms with van der Waals surface area (Å²) in [4.78, 5) is 0. The van der Waals surface area contributed by atoms with Gasteiger partial charge in [-0.25, -0.2) is 4.39 Å². The molecule has 0 nitrogen and oxygen atoms in total. The summed E-state index contributed by atoms with van der Waals surface area (Å²) in [5.74, 6) is 4.76. The summed E-state index contributed by atoms with van der Waals surface area (Å²) in [6, 6.07) is 4.11. The summed E-state index contributed by atoms with van der Waals surface area (Å²) in [7, 11) is 0. The minimum absolute atomic E-state index is 0.0376. The van der Waals surface area contributed by atoms with Crippen LogP contribution in [0, 0.1) is 35.4 Å². The molecule has 2 fully saturated rings. The summed E-state index contributed by atoms with van der Waals surface area (Å²) in [5, 5.41) is 0. The van der Waals surface area contributed by atoms with Gasteiger partial charge in [0.2, 0.25) is 0 Å². The number of fused-ring (bicyclic) bond motifs is 2. The Morgan fingerprint density at radius 1 is 0.848 bits per heavy atom. The lowest BCUT2D eigenvalue weighted by Crippen LogP contribution is -2.35. The maximum absolute atomic E-state index is 14.8. The molecule has 2 saturated carbocycles. The van der Waals surface area contributed by atoms with Crippen molar-refractivity contribution in [2.45, 2.75) is 123 Å². The highest BCUT2D eigenvalue weighted by atomic mass is 19.1. The number of halogens is 1. The van der Waals surface area contributed by atoms with Crippen molar-refractivity contribution in [1.82, 2.24) is 0 Å². The first-order valence-corrected chi connectivity index (χ1v) is 14.6. The highest BCUT2D eigenvalue weighted by Gasteiger charge is 2.38.